The van der Waals surface area contributed by atoms with Crippen LogP contribution in [0.15, 0.2) is 11.0 Å². The summed E-state index contributed by atoms with van der Waals surface area (Å²) in [7, 11) is 0. The molecule has 1 atom stereocenters. The number of rotatable bonds is 6. The van der Waals surface area contributed by atoms with E-state index in [9.17, 15) is 9.59 Å². The first-order valence-corrected chi connectivity index (χ1v) is 6.67. The van der Waals surface area contributed by atoms with Gasteiger partial charge in [0.1, 0.15) is 0 Å². The lowest BCUT2D eigenvalue weighted by Crippen LogP contribution is -2.20. The van der Waals surface area contributed by atoms with Crippen molar-refractivity contribution in [3.8, 4) is 0 Å². The molecule has 1 aromatic rings. The van der Waals surface area contributed by atoms with Gasteiger partial charge in [-0.2, -0.15) is 11.8 Å². The van der Waals surface area contributed by atoms with Gasteiger partial charge in [0.25, 0.3) is 0 Å². The molecule has 0 saturated heterocycles. The average molecular weight is 257 g/mol. The minimum Gasteiger partial charge on any atom is -0.369 e. The monoisotopic (exact) mass is 257 g/mol. The van der Waals surface area contributed by atoms with Crippen molar-refractivity contribution in [1.29, 1.82) is 0 Å². The van der Waals surface area contributed by atoms with Gasteiger partial charge in [-0.05, 0) is 12.2 Å². The van der Waals surface area contributed by atoms with E-state index in [4.69, 9.17) is 5.73 Å². The van der Waals surface area contributed by atoms with E-state index >= 15 is 0 Å². The van der Waals surface area contributed by atoms with Gasteiger partial charge >= 0.3 is 5.69 Å². The summed E-state index contributed by atoms with van der Waals surface area (Å²) in [5.74, 6) is -0.0172. The van der Waals surface area contributed by atoms with Crippen LogP contribution < -0.4 is 11.4 Å². The number of aromatic nitrogens is 2. The van der Waals surface area contributed by atoms with Gasteiger partial charge in [-0.1, -0.05) is 13.8 Å². The van der Waals surface area contributed by atoms with Crippen molar-refractivity contribution in [3.63, 3.8) is 0 Å². The van der Waals surface area contributed by atoms with Crippen LogP contribution in [0.2, 0.25) is 0 Å². The molecule has 1 rings (SSSR count). The second-order valence-electron chi connectivity index (χ2n) is 4.25. The summed E-state index contributed by atoms with van der Waals surface area (Å²) < 4.78 is 1.59. The van der Waals surface area contributed by atoms with Crippen LogP contribution >= 0.6 is 11.8 Å². The molecular formula is C11H19N3O2S. The number of thioether (sulfide) groups is 1. The first-order valence-electron chi connectivity index (χ1n) is 5.62. The largest absolute Gasteiger partial charge is 0.369 e. The standard InChI is InChI=1S/C11H19N3O2S/c1-7(2)17-5-4-14-6-9(13-11(14)16)8(3)10(12)15/h6-8H,4-5H2,1-3H3,(H2,12,15)(H,13,16). The number of primary amides is 1. The lowest BCUT2D eigenvalue weighted by Gasteiger charge is -2.05. The van der Waals surface area contributed by atoms with Crippen LogP contribution in [-0.4, -0.2) is 26.5 Å². The Bertz CT molecular complexity index is 436. The summed E-state index contributed by atoms with van der Waals surface area (Å²) in [6.07, 6.45) is 1.68. The van der Waals surface area contributed by atoms with Crippen molar-refractivity contribution in [3.05, 3.63) is 22.4 Å². The maximum Gasteiger partial charge on any atom is 0.325 e. The van der Waals surface area contributed by atoms with Crippen molar-refractivity contribution in [1.82, 2.24) is 9.55 Å². The Kier molecular flexibility index (Phi) is 4.86. The first kappa shape index (κ1) is 13.9. The molecule has 1 aromatic heterocycles. The number of nitrogens with zero attached hydrogens (tertiary/aromatic N) is 1. The third kappa shape index (κ3) is 3.96. The molecule has 0 saturated carbocycles. The van der Waals surface area contributed by atoms with E-state index in [0.29, 0.717) is 17.5 Å². The lowest BCUT2D eigenvalue weighted by molar-refractivity contribution is -0.119. The third-order valence-electron chi connectivity index (χ3n) is 2.48. The molecular weight excluding hydrogens is 238 g/mol. The Balaban J connectivity index is 2.69. The molecule has 17 heavy (non-hydrogen) atoms. The van der Waals surface area contributed by atoms with Crippen LogP contribution in [0, 0.1) is 0 Å². The second-order valence-corrected chi connectivity index (χ2v) is 5.94. The van der Waals surface area contributed by atoms with E-state index < -0.39 is 11.8 Å². The summed E-state index contributed by atoms with van der Waals surface area (Å²) in [5.41, 5.74) is 5.59. The maximum atomic E-state index is 11.6. The third-order valence-corrected chi connectivity index (χ3v) is 3.57. The molecule has 0 spiro atoms. The number of hydrogen-bond acceptors (Lipinski definition) is 3. The number of aromatic amines is 1. The zero-order chi connectivity index (χ0) is 13.0. The number of carbonyl (C=O) groups is 1. The number of nitrogens with one attached hydrogen (secondary N) is 1. The zero-order valence-electron chi connectivity index (χ0n) is 10.4. The number of imidazole rings is 1. The lowest BCUT2D eigenvalue weighted by atomic mass is 10.1. The summed E-state index contributed by atoms with van der Waals surface area (Å²) in [6.45, 7) is 6.56. The van der Waals surface area contributed by atoms with Crippen molar-refractivity contribution in [2.24, 2.45) is 5.73 Å². The first-order chi connectivity index (χ1) is 7.91. The normalized spacial score (nSPS) is 12.9. The van der Waals surface area contributed by atoms with Gasteiger partial charge in [-0.15, -0.1) is 0 Å². The van der Waals surface area contributed by atoms with E-state index in [0.717, 1.165) is 5.75 Å². The van der Waals surface area contributed by atoms with Gasteiger partial charge in [0.05, 0.1) is 5.92 Å². The molecule has 6 heteroatoms. The Labute approximate surface area is 105 Å². The van der Waals surface area contributed by atoms with Gasteiger partial charge < -0.3 is 10.7 Å². The number of H-pyrrole nitrogens is 1. The number of hydrogen-bond donors (Lipinski definition) is 2. The Morgan fingerprint density at radius 2 is 2.18 bits per heavy atom. The molecule has 1 unspecified atom stereocenters. The van der Waals surface area contributed by atoms with Crippen molar-refractivity contribution < 1.29 is 4.79 Å². The number of amides is 1. The molecule has 96 valence electrons. The minimum atomic E-state index is -0.457. The molecule has 0 fully saturated rings. The van der Waals surface area contributed by atoms with Gasteiger partial charge in [-0.3, -0.25) is 9.36 Å². The van der Waals surface area contributed by atoms with Crippen LogP contribution in [0.5, 0.6) is 0 Å². The van der Waals surface area contributed by atoms with E-state index in [1.165, 1.54) is 0 Å². The molecule has 0 aromatic carbocycles. The molecule has 0 bridgehead atoms. The van der Waals surface area contributed by atoms with Crippen molar-refractivity contribution >= 4 is 17.7 Å². The molecule has 5 nitrogen and oxygen atoms in total. The number of aryl methyl sites for hydroxylation is 1. The summed E-state index contributed by atoms with van der Waals surface area (Å²) in [4.78, 5) is 25.3. The topological polar surface area (TPSA) is 80.9 Å². The molecule has 0 aliphatic rings. The fourth-order valence-corrected chi connectivity index (χ4v) is 2.15. The van der Waals surface area contributed by atoms with Crippen LogP contribution in [0.25, 0.3) is 0 Å². The number of nitrogens with two attached hydrogens (primary N) is 1. The van der Waals surface area contributed by atoms with Crippen LogP contribution in [0.3, 0.4) is 0 Å². The SMILES string of the molecule is CC(C)SCCn1cc(C(C)C(N)=O)[nH]c1=O. The van der Waals surface area contributed by atoms with E-state index in [-0.39, 0.29) is 5.69 Å². The predicted molar refractivity (Wildman–Crippen MR) is 70.3 cm³/mol. The smallest absolute Gasteiger partial charge is 0.325 e. The van der Waals surface area contributed by atoms with Gasteiger partial charge in [0.2, 0.25) is 5.91 Å². The van der Waals surface area contributed by atoms with Crippen molar-refractivity contribution in [2.75, 3.05) is 5.75 Å². The highest BCUT2D eigenvalue weighted by molar-refractivity contribution is 7.99. The number of carbonyl (C=O) groups excluding carboxylic acids is 1. The highest BCUT2D eigenvalue weighted by Crippen LogP contribution is 2.12. The Hall–Kier alpha value is -1.17. The average Bonchev–Trinajstić information content (AvgIpc) is 2.58. The molecule has 0 aliphatic carbocycles. The fourth-order valence-electron chi connectivity index (χ4n) is 1.38. The van der Waals surface area contributed by atoms with E-state index in [1.54, 1.807) is 29.4 Å². The van der Waals surface area contributed by atoms with Crippen LogP contribution in [-0.2, 0) is 11.3 Å². The van der Waals surface area contributed by atoms with Crippen LogP contribution in [0.4, 0.5) is 0 Å². The molecule has 3 N–H and O–H groups in total. The molecule has 0 aliphatic heterocycles. The predicted octanol–water partition coefficient (Wildman–Crippen LogP) is 0.907. The zero-order valence-corrected chi connectivity index (χ0v) is 11.2. The molecule has 1 amide bonds. The van der Waals surface area contributed by atoms with E-state index in [1.807, 2.05) is 0 Å². The van der Waals surface area contributed by atoms with Gasteiger partial charge in [0.15, 0.2) is 0 Å². The Morgan fingerprint density at radius 3 is 2.71 bits per heavy atom. The van der Waals surface area contributed by atoms with E-state index in [2.05, 4.69) is 18.8 Å². The molecule has 1 heterocycles. The van der Waals surface area contributed by atoms with Crippen LogP contribution in [0.1, 0.15) is 32.4 Å². The van der Waals surface area contributed by atoms with Gasteiger partial charge in [0, 0.05) is 24.2 Å². The second kappa shape index (κ2) is 5.95. The minimum absolute atomic E-state index is 0.183. The highest BCUT2D eigenvalue weighted by atomic mass is 32.2. The van der Waals surface area contributed by atoms with Crippen molar-refractivity contribution in [2.45, 2.75) is 38.5 Å². The maximum absolute atomic E-state index is 11.6. The summed E-state index contributed by atoms with van der Waals surface area (Å²) >= 11 is 1.79. The summed E-state index contributed by atoms with van der Waals surface area (Å²) in [5, 5.41) is 0.550. The fraction of sp³-hybridized carbons (Fsp3) is 0.636. The summed E-state index contributed by atoms with van der Waals surface area (Å²) in [6, 6.07) is 0. The Morgan fingerprint density at radius 1 is 1.53 bits per heavy atom. The quantitative estimate of drug-likeness (QED) is 0.794. The highest BCUT2D eigenvalue weighted by Gasteiger charge is 2.15. The molecule has 0 radical (unpaired) electrons. The van der Waals surface area contributed by atoms with Gasteiger partial charge in [-0.25, -0.2) is 4.79 Å².